The van der Waals surface area contributed by atoms with Gasteiger partial charge in [-0.05, 0) is 36.3 Å². The summed E-state index contributed by atoms with van der Waals surface area (Å²) in [5.41, 5.74) is 9.28. The third kappa shape index (κ3) is 4.87. The maximum Gasteiger partial charge on any atom is 0.207 e. The molecule has 0 unspecified atom stereocenters. The molecule has 0 atom stereocenters. The third-order valence-corrected chi connectivity index (χ3v) is 4.99. The molecule has 0 aromatic heterocycles. The number of allylic oxidation sites excluding steroid dienone is 1. The average Bonchev–Trinajstić information content (AvgIpc) is 2.75. The molecule has 0 saturated carbocycles. The zero-order valence-electron chi connectivity index (χ0n) is 19.5. The maximum absolute atomic E-state index is 13.5. The Hall–Kier alpha value is -3.35. The van der Waals surface area contributed by atoms with Crippen molar-refractivity contribution in [2.45, 2.75) is 13.8 Å². The summed E-state index contributed by atoms with van der Waals surface area (Å²) >= 11 is 0. The highest BCUT2D eigenvalue weighted by Gasteiger charge is 2.23. The summed E-state index contributed by atoms with van der Waals surface area (Å²) in [6.07, 6.45) is 1.81. The van der Waals surface area contributed by atoms with E-state index < -0.39 is 0 Å². The molecule has 0 aliphatic carbocycles. The highest BCUT2D eigenvalue weighted by Crippen LogP contribution is 2.47. The average molecular weight is 429 g/mol. The summed E-state index contributed by atoms with van der Waals surface area (Å²) in [5, 5.41) is 0. The first kappa shape index (κ1) is 23.9. The Kier molecular flexibility index (Phi) is 7.80. The van der Waals surface area contributed by atoms with E-state index in [-0.39, 0.29) is 11.7 Å². The van der Waals surface area contributed by atoms with E-state index in [1.807, 2.05) is 38.9 Å². The van der Waals surface area contributed by atoms with Crippen LogP contribution < -0.4 is 29.6 Å². The second-order valence-electron chi connectivity index (χ2n) is 7.52. The van der Waals surface area contributed by atoms with Gasteiger partial charge in [-0.3, -0.25) is 4.79 Å². The number of anilines is 2. The van der Waals surface area contributed by atoms with Crippen LogP contribution in [0.15, 0.2) is 29.8 Å². The van der Waals surface area contributed by atoms with Gasteiger partial charge in [0.25, 0.3) is 0 Å². The van der Waals surface area contributed by atoms with Crippen LogP contribution in [0.3, 0.4) is 0 Å². The summed E-state index contributed by atoms with van der Waals surface area (Å²) in [4.78, 5) is 15.3. The van der Waals surface area contributed by atoms with Gasteiger partial charge in [0.05, 0.1) is 39.8 Å². The highest BCUT2D eigenvalue weighted by molar-refractivity contribution is 6.12. The number of methoxy groups -OCH3 is 4. The van der Waals surface area contributed by atoms with Gasteiger partial charge in [-0.2, -0.15) is 0 Å². The monoisotopic (exact) mass is 428 g/mol. The molecule has 168 valence electrons. The Morgan fingerprint density at radius 2 is 1.55 bits per heavy atom. The van der Waals surface area contributed by atoms with Crippen molar-refractivity contribution in [3.05, 3.63) is 41.0 Å². The predicted molar refractivity (Wildman–Crippen MR) is 125 cm³/mol. The number of carbonyl (C=O) groups is 1. The van der Waals surface area contributed by atoms with Gasteiger partial charge in [-0.15, -0.1) is 0 Å². The fourth-order valence-corrected chi connectivity index (χ4v) is 3.37. The van der Waals surface area contributed by atoms with E-state index in [4.69, 9.17) is 24.7 Å². The number of nitrogens with zero attached hydrogens (tertiary/aromatic N) is 1. The van der Waals surface area contributed by atoms with Crippen LogP contribution >= 0.6 is 0 Å². The molecule has 2 N–H and O–H groups in total. The normalized spacial score (nSPS) is 11.3. The topological polar surface area (TPSA) is 83.3 Å². The Balaban J connectivity index is 2.69. The summed E-state index contributed by atoms with van der Waals surface area (Å²) in [5.74, 6) is 1.62. The number of ketones is 1. The molecule has 31 heavy (non-hydrogen) atoms. The number of benzene rings is 2. The van der Waals surface area contributed by atoms with Crippen LogP contribution in [0.5, 0.6) is 23.0 Å². The summed E-state index contributed by atoms with van der Waals surface area (Å²) in [6, 6.07) is 7.07. The van der Waals surface area contributed by atoms with Crippen molar-refractivity contribution in [2.75, 3.05) is 53.2 Å². The van der Waals surface area contributed by atoms with Crippen LogP contribution in [0.1, 0.15) is 29.8 Å². The minimum atomic E-state index is -0.0890. The van der Waals surface area contributed by atoms with Crippen LogP contribution in [0.25, 0.3) is 6.08 Å². The first-order chi connectivity index (χ1) is 14.7. The molecule has 7 nitrogen and oxygen atoms in total. The molecule has 0 fully saturated rings. The Morgan fingerprint density at radius 3 is 2.03 bits per heavy atom. The molecule has 0 saturated heterocycles. The SMILES string of the molecule is COc1cc(/C=C(/C(=O)c2ccc(N)c(N(C)C)c2)C(C)C)c(OC)c(OC)c1OC. The lowest BCUT2D eigenvalue weighted by Gasteiger charge is -2.19. The van der Waals surface area contributed by atoms with Gasteiger partial charge >= 0.3 is 0 Å². The standard InChI is InChI=1S/C24H32N2O5/c1-14(2)17(21(27)15-9-10-18(25)19(12-15)26(3)4)11-16-13-20(28-5)23(30-7)24(31-8)22(16)29-6/h9-14H,25H2,1-8H3/b17-11+. The van der Waals surface area contributed by atoms with Crippen LogP contribution in [-0.2, 0) is 0 Å². The number of nitrogen functional groups attached to an aromatic ring is 1. The second kappa shape index (κ2) is 10.1. The van der Waals surface area contributed by atoms with Crippen molar-refractivity contribution in [1.82, 2.24) is 0 Å². The van der Waals surface area contributed by atoms with E-state index in [1.165, 1.54) is 14.2 Å². The van der Waals surface area contributed by atoms with Crippen molar-refractivity contribution in [1.29, 1.82) is 0 Å². The third-order valence-electron chi connectivity index (χ3n) is 4.99. The largest absolute Gasteiger partial charge is 0.493 e. The molecule has 0 aliphatic rings. The van der Waals surface area contributed by atoms with Crippen LogP contribution in [0.2, 0.25) is 0 Å². The number of nitrogens with two attached hydrogens (primary N) is 1. The quantitative estimate of drug-likeness (QED) is 0.362. The van der Waals surface area contributed by atoms with Crippen LogP contribution in [0, 0.1) is 5.92 Å². The first-order valence-corrected chi connectivity index (χ1v) is 9.90. The van der Waals surface area contributed by atoms with Gasteiger partial charge in [0.1, 0.15) is 0 Å². The number of carbonyl (C=O) groups excluding carboxylic acids is 1. The lowest BCUT2D eigenvalue weighted by atomic mass is 9.91. The molecule has 0 spiro atoms. The molecular formula is C24H32N2O5. The van der Waals surface area contributed by atoms with Crippen molar-refractivity contribution >= 4 is 23.2 Å². The van der Waals surface area contributed by atoms with Gasteiger partial charge in [0, 0.05) is 30.8 Å². The molecule has 0 amide bonds. The molecule has 0 heterocycles. The Labute approximate surface area is 184 Å². The minimum Gasteiger partial charge on any atom is -0.493 e. The van der Waals surface area contributed by atoms with E-state index in [2.05, 4.69) is 0 Å². The minimum absolute atomic E-state index is 0.0448. The summed E-state index contributed by atoms with van der Waals surface area (Å²) in [7, 11) is 9.92. The van der Waals surface area contributed by atoms with Crippen molar-refractivity contribution in [3.63, 3.8) is 0 Å². The Morgan fingerprint density at radius 1 is 0.935 bits per heavy atom. The van der Waals surface area contributed by atoms with Crippen LogP contribution in [0.4, 0.5) is 11.4 Å². The zero-order valence-corrected chi connectivity index (χ0v) is 19.5. The predicted octanol–water partition coefficient (Wildman–Crippen LogP) is 4.29. The highest BCUT2D eigenvalue weighted by atomic mass is 16.5. The van der Waals surface area contributed by atoms with Gasteiger partial charge < -0.3 is 29.6 Å². The molecular weight excluding hydrogens is 396 g/mol. The summed E-state index contributed by atoms with van der Waals surface area (Å²) < 4.78 is 22.0. The van der Waals surface area contributed by atoms with E-state index >= 15 is 0 Å². The Bertz CT molecular complexity index is 980. The molecule has 7 heteroatoms. The lowest BCUT2D eigenvalue weighted by molar-refractivity contribution is 0.102. The van der Waals surface area contributed by atoms with Crippen LogP contribution in [-0.4, -0.2) is 48.3 Å². The van der Waals surface area contributed by atoms with E-state index in [0.29, 0.717) is 45.4 Å². The number of ether oxygens (including phenoxy) is 4. The van der Waals surface area contributed by atoms with Gasteiger partial charge in [-0.25, -0.2) is 0 Å². The molecule has 0 aliphatic heterocycles. The van der Waals surface area contributed by atoms with Gasteiger partial charge in [0.15, 0.2) is 17.3 Å². The number of hydrogen-bond donors (Lipinski definition) is 1. The fraction of sp³-hybridized carbons (Fsp3) is 0.375. The van der Waals surface area contributed by atoms with Gasteiger partial charge in [0.2, 0.25) is 11.5 Å². The first-order valence-electron chi connectivity index (χ1n) is 9.90. The number of rotatable bonds is 9. The molecule has 2 aromatic rings. The van der Waals surface area contributed by atoms with Crippen molar-refractivity contribution < 1.29 is 23.7 Å². The lowest BCUT2D eigenvalue weighted by Crippen LogP contribution is -2.14. The van der Waals surface area contributed by atoms with Gasteiger partial charge in [-0.1, -0.05) is 13.8 Å². The zero-order chi connectivity index (χ0) is 23.3. The van der Waals surface area contributed by atoms with Crippen molar-refractivity contribution in [2.24, 2.45) is 5.92 Å². The molecule has 0 bridgehead atoms. The summed E-state index contributed by atoms with van der Waals surface area (Å²) in [6.45, 7) is 3.94. The van der Waals surface area contributed by atoms with E-state index in [1.54, 1.807) is 38.5 Å². The maximum atomic E-state index is 13.5. The molecule has 0 radical (unpaired) electrons. The fourth-order valence-electron chi connectivity index (χ4n) is 3.37. The van der Waals surface area contributed by atoms with Crippen molar-refractivity contribution in [3.8, 4) is 23.0 Å². The number of hydrogen-bond acceptors (Lipinski definition) is 7. The van der Waals surface area contributed by atoms with E-state index in [9.17, 15) is 4.79 Å². The molecule has 2 aromatic carbocycles. The molecule has 2 rings (SSSR count). The van der Waals surface area contributed by atoms with E-state index in [0.717, 1.165) is 5.69 Å². The second-order valence-corrected chi connectivity index (χ2v) is 7.52. The smallest absolute Gasteiger partial charge is 0.207 e. The number of Topliss-reactive ketones (excluding diaryl/α,β-unsaturated/α-hetero) is 1.